The van der Waals surface area contributed by atoms with Gasteiger partial charge in [0.15, 0.2) is 0 Å². The van der Waals surface area contributed by atoms with Crippen molar-refractivity contribution in [3.63, 3.8) is 0 Å². The van der Waals surface area contributed by atoms with Crippen molar-refractivity contribution >= 4 is 22.8 Å². The Morgan fingerprint density at radius 3 is 2.35 bits per heavy atom. The van der Waals surface area contributed by atoms with Crippen LogP contribution >= 0.6 is 11.8 Å². The molecule has 0 aliphatic heterocycles. The Bertz CT molecular complexity index is 384. The highest BCUT2D eigenvalue weighted by molar-refractivity contribution is 8.15. The second-order valence-corrected chi connectivity index (χ2v) is 4.55. The zero-order valence-electron chi connectivity index (χ0n) is 10.1. The number of carbonyl (C=O) groups is 2. The molecule has 0 amide bonds. The van der Waals surface area contributed by atoms with Crippen LogP contribution in [0.2, 0.25) is 0 Å². The minimum atomic E-state index is -0.782. The monoisotopic (exact) mass is 252 g/mol. The molecule has 0 saturated heterocycles. The van der Waals surface area contributed by atoms with E-state index in [1.165, 1.54) is 5.56 Å². The van der Waals surface area contributed by atoms with E-state index in [0.717, 1.165) is 29.5 Å². The number of benzene rings is 1. The molecule has 0 bridgehead atoms. The summed E-state index contributed by atoms with van der Waals surface area (Å²) in [6.45, 7) is 4.02. The number of thioether (sulfide) groups is 1. The van der Waals surface area contributed by atoms with Crippen molar-refractivity contribution in [1.29, 1.82) is 0 Å². The molecule has 1 aromatic rings. The van der Waals surface area contributed by atoms with Gasteiger partial charge in [0.1, 0.15) is 0 Å². The third-order valence-electron chi connectivity index (χ3n) is 2.11. The number of hydrogen-bond donors (Lipinski definition) is 0. The van der Waals surface area contributed by atoms with Crippen LogP contribution in [0.15, 0.2) is 29.2 Å². The molecule has 92 valence electrons. The van der Waals surface area contributed by atoms with Gasteiger partial charge in [-0.3, -0.25) is 4.79 Å². The van der Waals surface area contributed by atoms with Crippen molar-refractivity contribution in [2.45, 2.75) is 31.6 Å². The molecule has 17 heavy (non-hydrogen) atoms. The molecule has 0 aliphatic rings. The van der Waals surface area contributed by atoms with Gasteiger partial charge in [-0.25, -0.2) is 4.79 Å². The average Bonchev–Trinajstić information content (AvgIpc) is 2.32. The van der Waals surface area contributed by atoms with Crippen LogP contribution in [0.5, 0.6) is 0 Å². The predicted octanol–water partition coefficient (Wildman–Crippen LogP) is 2.82. The number of esters is 1. The van der Waals surface area contributed by atoms with Gasteiger partial charge in [-0.1, -0.05) is 25.5 Å². The summed E-state index contributed by atoms with van der Waals surface area (Å²) in [5, 5.41) is -0.574. The summed E-state index contributed by atoms with van der Waals surface area (Å²) in [5.41, 5.74) is 1.24. The minimum absolute atomic E-state index is 0.223. The first-order valence-electron chi connectivity index (χ1n) is 5.65. The smallest absolute Gasteiger partial charge is 0.386 e. The van der Waals surface area contributed by atoms with Crippen LogP contribution in [0.4, 0.5) is 0 Å². The number of rotatable bonds is 4. The van der Waals surface area contributed by atoms with E-state index in [1.807, 2.05) is 24.3 Å². The first-order valence-corrected chi connectivity index (χ1v) is 6.46. The highest BCUT2D eigenvalue weighted by atomic mass is 32.2. The van der Waals surface area contributed by atoms with Crippen molar-refractivity contribution in [2.75, 3.05) is 6.61 Å². The van der Waals surface area contributed by atoms with Crippen LogP contribution in [-0.4, -0.2) is 17.7 Å². The lowest BCUT2D eigenvalue weighted by Gasteiger charge is -2.02. The molecule has 4 heteroatoms. The quantitative estimate of drug-likeness (QED) is 0.469. The topological polar surface area (TPSA) is 43.4 Å². The van der Waals surface area contributed by atoms with E-state index in [4.69, 9.17) is 0 Å². The summed E-state index contributed by atoms with van der Waals surface area (Å²) in [6.07, 6.45) is 2.12. The number of carbonyl (C=O) groups excluding carboxylic acids is 2. The van der Waals surface area contributed by atoms with Gasteiger partial charge in [0.2, 0.25) is 0 Å². The molecule has 0 fully saturated rings. The Kier molecular flexibility index (Phi) is 5.77. The molecule has 0 radical (unpaired) electrons. The summed E-state index contributed by atoms with van der Waals surface area (Å²) < 4.78 is 4.63. The van der Waals surface area contributed by atoms with Gasteiger partial charge in [-0.15, -0.1) is 0 Å². The lowest BCUT2D eigenvalue weighted by Crippen LogP contribution is -2.13. The molecule has 3 nitrogen and oxygen atoms in total. The zero-order valence-corrected chi connectivity index (χ0v) is 10.9. The maximum Gasteiger partial charge on any atom is 0.386 e. The lowest BCUT2D eigenvalue weighted by atomic mass is 10.1. The summed E-state index contributed by atoms with van der Waals surface area (Å²) in [5.74, 6) is -0.782. The fourth-order valence-electron chi connectivity index (χ4n) is 1.35. The molecule has 0 unspecified atom stereocenters. The van der Waals surface area contributed by atoms with Crippen molar-refractivity contribution in [1.82, 2.24) is 0 Å². The number of aryl methyl sites for hydroxylation is 1. The van der Waals surface area contributed by atoms with Crippen LogP contribution in [0.1, 0.15) is 25.8 Å². The van der Waals surface area contributed by atoms with E-state index in [9.17, 15) is 9.59 Å². The van der Waals surface area contributed by atoms with Gasteiger partial charge in [-0.2, -0.15) is 0 Å². The highest BCUT2D eigenvalue weighted by Gasteiger charge is 2.16. The fourth-order valence-corrected chi connectivity index (χ4v) is 1.98. The Labute approximate surface area is 106 Å². The van der Waals surface area contributed by atoms with Gasteiger partial charge in [0.25, 0.3) is 0 Å². The maximum atomic E-state index is 11.4. The SMILES string of the molecule is CCCc1ccc(SC(=O)C(=O)OCC)cc1. The fraction of sp³-hybridized carbons (Fsp3) is 0.385. The Balaban J connectivity index is 2.57. The Morgan fingerprint density at radius 2 is 1.82 bits per heavy atom. The Hall–Kier alpha value is -1.29. The molecule has 0 atom stereocenters. The Morgan fingerprint density at radius 1 is 1.18 bits per heavy atom. The van der Waals surface area contributed by atoms with Crippen LogP contribution in [0.3, 0.4) is 0 Å². The summed E-state index contributed by atoms with van der Waals surface area (Å²) in [4.78, 5) is 23.3. The second kappa shape index (κ2) is 7.12. The van der Waals surface area contributed by atoms with E-state index in [0.29, 0.717) is 0 Å². The number of ether oxygens (including phenoxy) is 1. The summed E-state index contributed by atoms with van der Waals surface area (Å²) in [7, 11) is 0. The molecule has 0 saturated carbocycles. The van der Waals surface area contributed by atoms with Gasteiger partial charge < -0.3 is 4.74 Å². The third-order valence-corrected chi connectivity index (χ3v) is 2.97. The molecular formula is C13H16O3S. The molecule has 1 rings (SSSR count). The molecule has 0 N–H and O–H groups in total. The third kappa shape index (κ3) is 4.61. The van der Waals surface area contributed by atoms with Crippen LogP contribution in [-0.2, 0) is 20.7 Å². The minimum Gasteiger partial charge on any atom is -0.460 e. The standard InChI is InChI=1S/C13H16O3S/c1-3-5-10-6-8-11(9-7-10)17-13(15)12(14)16-4-2/h6-9H,3-5H2,1-2H3. The van der Waals surface area contributed by atoms with Crippen molar-refractivity contribution < 1.29 is 14.3 Å². The predicted molar refractivity (Wildman–Crippen MR) is 67.9 cm³/mol. The van der Waals surface area contributed by atoms with Crippen LogP contribution in [0.25, 0.3) is 0 Å². The first-order chi connectivity index (χ1) is 8.17. The molecule has 0 heterocycles. The van der Waals surface area contributed by atoms with Crippen LogP contribution < -0.4 is 0 Å². The maximum absolute atomic E-state index is 11.4. The van der Waals surface area contributed by atoms with Crippen LogP contribution in [0, 0.1) is 0 Å². The lowest BCUT2D eigenvalue weighted by molar-refractivity contribution is -0.149. The second-order valence-electron chi connectivity index (χ2n) is 3.50. The molecule has 1 aromatic carbocycles. The average molecular weight is 252 g/mol. The van der Waals surface area contributed by atoms with Crippen molar-refractivity contribution in [3.8, 4) is 0 Å². The van der Waals surface area contributed by atoms with Gasteiger partial charge >= 0.3 is 11.1 Å². The molecule has 0 aromatic heterocycles. The summed E-state index contributed by atoms with van der Waals surface area (Å²) >= 11 is 0.905. The normalized spacial score (nSPS) is 10.0. The van der Waals surface area contributed by atoms with E-state index < -0.39 is 11.1 Å². The van der Waals surface area contributed by atoms with Gasteiger partial charge in [0, 0.05) is 4.90 Å². The van der Waals surface area contributed by atoms with Gasteiger partial charge in [0.05, 0.1) is 6.61 Å². The molecule has 0 spiro atoms. The highest BCUT2D eigenvalue weighted by Crippen LogP contribution is 2.20. The largest absolute Gasteiger partial charge is 0.460 e. The molecule has 0 aliphatic carbocycles. The van der Waals surface area contributed by atoms with E-state index in [2.05, 4.69) is 11.7 Å². The van der Waals surface area contributed by atoms with Crippen molar-refractivity contribution in [3.05, 3.63) is 29.8 Å². The number of hydrogen-bond acceptors (Lipinski definition) is 4. The first kappa shape index (κ1) is 13.8. The summed E-state index contributed by atoms with van der Waals surface area (Å²) in [6, 6.07) is 7.66. The van der Waals surface area contributed by atoms with E-state index in [1.54, 1.807) is 6.92 Å². The van der Waals surface area contributed by atoms with E-state index in [-0.39, 0.29) is 6.61 Å². The van der Waals surface area contributed by atoms with Crippen molar-refractivity contribution in [2.24, 2.45) is 0 Å². The van der Waals surface area contributed by atoms with Gasteiger partial charge in [-0.05, 0) is 42.8 Å². The molecular weight excluding hydrogens is 236 g/mol. The van der Waals surface area contributed by atoms with E-state index >= 15 is 0 Å². The zero-order chi connectivity index (χ0) is 12.7.